The number of aliphatic hydroxyl groups excluding tert-OH is 1. The van der Waals surface area contributed by atoms with Crippen LogP contribution in [-0.4, -0.2) is 23.2 Å². The third kappa shape index (κ3) is 2.79. The van der Waals surface area contributed by atoms with E-state index < -0.39 is 0 Å². The topological polar surface area (TPSA) is 45.1 Å². The highest BCUT2D eigenvalue weighted by Crippen LogP contribution is 2.23. The number of rotatable bonds is 4. The number of aryl methyl sites for hydroxylation is 1. The van der Waals surface area contributed by atoms with Crippen LogP contribution < -0.4 is 5.32 Å². The molecule has 0 atom stereocenters. The Bertz CT molecular complexity index is 549. The molecule has 2 aromatic rings. The molecule has 0 amide bonds. The average molecular weight is 244 g/mol. The summed E-state index contributed by atoms with van der Waals surface area (Å²) in [6.45, 7) is 6.94. The van der Waals surface area contributed by atoms with Crippen LogP contribution in [0.1, 0.15) is 19.5 Å². The lowest BCUT2D eigenvalue weighted by molar-refractivity contribution is 0.171. The summed E-state index contributed by atoms with van der Waals surface area (Å²) >= 11 is 0. The molecule has 2 rings (SSSR count). The van der Waals surface area contributed by atoms with E-state index in [1.807, 2.05) is 39.0 Å². The molecule has 96 valence electrons. The van der Waals surface area contributed by atoms with Crippen molar-refractivity contribution >= 4 is 16.6 Å². The highest BCUT2D eigenvalue weighted by Gasteiger charge is 2.16. The van der Waals surface area contributed by atoms with E-state index in [1.165, 1.54) is 0 Å². The quantitative estimate of drug-likeness (QED) is 0.869. The van der Waals surface area contributed by atoms with Gasteiger partial charge in [-0.1, -0.05) is 32.0 Å². The second-order valence-electron chi connectivity index (χ2n) is 5.51. The van der Waals surface area contributed by atoms with Crippen LogP contribution in [0.4, 0.5) is 5.69 Å². The number of benzene rings is 1. The Morgan fingerprint density at radius 2 is 2.00 bits per heavy atom. The fourth-order valence-corrected chi connectivity index (χ4v) is 1.78. The fraction of sp³-hybridized carbons (Fsp3) is 0.400. The zero-order valence-corrected chi connectivity index (χ0v) is 11.2. The predicted octanol–water partition coefficient (Wildman–Crippen LogP) is 2.97. The molecule has 18 heavy (non-hydrogen) atoms. The van der Waals surface area contributed by atoms with Gasteiger partial charge in [-0.15, -0.1) is 0 Å². The van der Waals surface area contributed by atoms with Gasteiger partial charge in [0.05, 0.1) is 11.2 Å². The maximum absolute atomic E-state index is 9.27. The molecule has 1 aromatic heterocycles. The summed E-state index contributed by atoms with van der Waals surface area (Å²) < 4.78 is 0. The van der Waals surface area contributed by atoms with E-state index in [0.29, 0.717) is 0 Å². The molecule has 3 heteroatoms. The molecule has 2 N–H and O–H groups in total. The second kappa shape index (κ2) is 4.94. The summed E-state index contributed by atoms with van der Waals surface area (Å²) in [5.74, 6) is 0. The molecule has 0 bridgehead atoms. The Morgan fingerprint density at radius 3 is 2.72 bits per heavy atom. The SMILES string of the molecule is Cc1ccc2cccc(NCC(C)(C)CO)c2n1. The normalized spacial score (nSPS) is 11.8. The summed E-state index contributed by atoms with van der Waals surface area (Å²) in [5.41, 5.74) is 2.90. The zero-order valence-electron chi connectivity index (χ0n) is 11.2. The summed E-state index contributed by atoms with van der Waals surface area (Å²) in [4.78, 5) is 4.58. The highest BCUT2D eigenvalue weighted by molar-refractivity contribution is 5.90. The molecule has 0 aliphatic rings. The molecule has 0 radical (unpaired) electrons. The van der Waals surface area contributed by atoms with Gasteiger partial charge < -0.3 is 10.4 Å². The van der Waals surface area contributed by atoms with Crippen molar-refractivity contribution in [3.05, 3.63) is 36.0 Å². The standard InChI is InChI=1S/C15H20N2O/c1-11-7-8-12-5-4-6-13(14(12)17-11)16-9-15(2,3)10-18/h4-8,16,18H,9-10H2,1-3H3. The monoisotopic (exact) mass is 244 g/mol. The molecule has 0 aliphatic heterocycles. The number of nitrogens with one attached hydrogen (secondary N) is 1. The van der Waals surface area contributed by atoms with Crippen LogP contribution in [0.3, 0.4) is 0 Å². The number of fused-ring (bicyclic) bond motifs is 1. The van der Waals surface area contributed by atoms with Crippen LogP contribution in [0.5, 0.6) is 0 Å². The molecule has 1 aromatic carbocycles. The molecule has 0 saturated heterocycles. The van der Waals surface area contributed by atoms with Crippen molar-refractivity contribution in [1.29, 1.82) is 0 Å². The van der Waals surface area contributed by atoms with Gasteiger partial charge in [0.1, 0.15) is 0 Å². The number of aliphatic hydroxyl groups is 1. The number of aromatic nitrogens is 1. The van der Waals surface area contributed by atoms with Crippen molar-refractivity contribution in [3.8, 4) is 0 Å². The third-order valence-corrected chi connectivity index (χ3v) is 3.04. The minimum Gasteiger partial charge on any atom is -0.396 e. The van der Waals surface area contributed by atoms with E-state index in [4.69, 9.17) is 0 Å². The molecule has 0 unspecified atom stereocenters. The van der Waals surface area contributed by atoms with Crippen LogP contribution in [0, 0.1) is 12.3 Å². The molecule has 0 aliphatic carbocycles. The smallest absolute Gasteiger partial charge is 0.0936 e. The molecular weight excluding hydrogens is 224 g/mol. The first kappa shape index (κ1) is 12.8. The first-order valence-corrected chi connectivity index (χ1v) is 6.23. The number of pyridine rings is 1. The van der Waals surface area contributed by atoms with Crippen LogP contribution in [-0.2, 0) is 0 Å². The summed E-state index contributed by atoms with van der Waals surface area (Å²) in [5, 5.41) is 13.8. The van der Waals surface area contributed by atoms with Crippen molar-refractivity contribution in [2.45, 2.75) is 20.8 Å². The van der Waals surface area contributed by atoms with Gasteiger partial charge in [-0.25, -0.2) is 0 Å². The lowest BCUT2D eigenvalue weighted by Crippen LogP contribution is -2.26. The minimum absolute atomic E-state index is 0.133. The zero-order chi connectivity index (χ0) is 13.2. The van der Waals surface area contributed by atoms with Crippen molar-refractivity contribution in [1.82, 2.24) is 4.98 Å². The van der Waals surface area contributed by atoms with Gasteiger partial charge >= 0.3 is 0 Å². The Kier molecular flexibility index (Phi) is 3.53. The van der Waals surface area contributed by atoms with Crippen molar-refractivity contribution < 1.29 is 5.11 Å². The molecular formula is C15H20N2O. The Morgan fingerprint density at radius 1 is 1.22 bits per heavy atom. The van der Waals surface area contributed by atoms with E-state index >= 15 is 0 Å². The van der Waals surface area contributed by atoms with E-state index in [2.05, 4.69) is 22.4 Å². The van der Waals surface area contributed by atoms with Crippen molar-refractivity contribution in [2.24, 2.45) is 5.41 Å². The largest absolute Gasteiger partial charge is 0.396 e. The van der Waals surface area contributed by atoms with Gasteiger partial charge in [-0.3, -0.25) is 4.98 Å². The Hall–Kier alpha value is -1.61. The van der Waals surface area contributed by atoms with Crippen LogP contribution in [0.15, 0.2) is 30.3 Å². The minimum atomic E-state index is -0.133. The first-order valence-electron chi connectivity index (χ1n) is 6.23. The van der Waals surface area contributed by atoms with E-state index in [9.17, 15) is 5.11 Å². The summed E-state index contributed by atoms with van der Waals surface area (Å²) in [6.07, 6.45) is 0. The lowest BCUT2D eigenvalue weighted by atomic mass is 9.95. The molecule has 3 nitrogen and oxygen atoms in total. The van der Waals surface area contributed by atoms with Crippen molar-refractivity contribution in [2.75, 3.05) is 18.5 Å². The molecule has 1 heterocycles. The van der Waals surface area contributed by atoms with Crippen molar-refractivity contribution in [3.63, 3.8) is 0 Å². The lowest BCUT2D eigenvalue weighted by Gasteiger charge is -2.23. The Balaban J connectivity index is 2.30. The summed E-state index contributed by atoms with van der Waals surface area (Å²) in [6, 6.07) is 10.2. The van der Waals surface area contributed by atoms with Gasteiger partial charge in [0.15, 0.2) is 0 Å². The molecule has 0 spiro atoms. The van der Waals surface area contributed by atoms with Gasteiger partial charge in [-0.05, 0) is 19.1 Å². The maximum Gasteiger partial charge on any atom is 0.0936 e. The van der Waals surface area contributed by atoms with Crippen LogP contribution in [0.25, 0.3) is 10.9 Å². The molecule has 0 fully saturated rings. The molecule has 0 saturated carbocycles. The highest BCUT2D eigenvalue weighted by atomic mass is 16.3. The summed E-state index contributed by atoms with van der Waals surface area (Å²) in [7, 11) is 0. The number of hydrogen-bond donors (Lipinski definition) is 2. The van der Waals surface area contributed by atoms with Gasteiger partial charge in [0.25, 0.3) is 0 Å². The second-order valence-corrected chi connectivity index (χ2v) is 5.51. The van der Waals surface area contributed by atoms with Gasteiger partial charge in [-0.2, -0.15) is 0 Å². The number of hydrogen-bond acceptors (Lipinski definition) is 3. The van der Waals surface area contributed by atoms with Crippen LogP contribution in [0.2, 0.25) is 0 Å². The number of anilines is 1. The predicted molar refractivity (Wildman–Crippen MR) is 75.8 cm³/mol. The van der Waals surface area contributed by atoms with E-state index in [-0.39, 0.29) is 12.0 Å². The van der Waals surface area contributed by atoms with E-state index in [1.54, 1.807) is 0 Å². The number of para-hydroxylation sites is 1. The maximum atomic E-state index is 9.27. The van der Waals surface area contributed by atoms with Gasteiger partial charge in [0.2, 0.25) is 0 Å². The first-order chi connectivity index (χ1) is 8.52. The van der Waals surface area contributed by atoms with Gasteiger partial charge in [0, 0.05) is 29.6 Å². The van der Waals surface area contributed by atoms with E-state index in [0.717, 1.165) is 28.8 Å². The third-order valence-electron chi connectivity index (χ3n) is 3.04. The number of nitrogens with zero attached hydrogens (tertiary/aromatic N) is 1. The average Bonchev–Trinajstić information content (AvgIpc) is 2.36. The van der Waals surface area contributed by atoms with Crippen LogP contribution >= 0.6 is 0 Å². The Labute approximate surface area is 108 Å². The fourth-order valence-electron chi connectivity index (χ4n) is 1.78.